The van der Waals surface area contributed by atoms with E-state index < -0.39 is 0 Å². The number of piperidine rings is 2. The fourth-order valence-corrected chi connectivity index (χ4v) is 38.5. The van der Waals surface area contributed by atoms with Crippen LogP contribution in [0.5, 0.6) is 0 Å². The van der Waals surface area contributed by atoms with Crippen molar-refractivity contribution in [2.45, 2.75) is 303 Å². The number of piperazine rings is 1. The lowest BCUT2D eigenvalue weighted by molar-refractivity contribution is -0.161. The molecule has 20 bridgehead atoms. The van der Waals surface area contributed by atoms with Crippen LogP contribution >= 0.6 is 0 Å². The summed E-state index contributed by atoms with van der Waals surface area (Å²) in [4.78, 5) is 74.9. The van der Waals surface area contributed by atoms with Crippen LogP contribution in [0.4, 0.5) is 0 Å². The number of carbonyl (C=O) groups is 5. The number of rotatable bonds is 14. The van der Waals surface area contributed by atoms with Gasteiger partial charge in [-0.1, -0.05) is 165 Å². The zero-order valence-electron chi connectivity index (χ0n) is 77.5. The highest BCUT2D eigenvalue weighted by atomic mass is 16.2. The summed E-state index contributed by atoms with van der Waals surface area (Å²) in [7, 11) is 0. The standard InChI is InChI=1S/C25H33NO.C24H31NO.C23H31NO.C22H30N2O.C21H28N2O/c1-22-8-19-11-24(13-22,20-5-3-2-4-6-20)15-25(12-19,14-22)21(27)7-18-9-23(10-18)16-26-17-23;26-22(25-14-19-5-4-6-20(19)15-25)24-12-17-9-18(13-24)11-23(10-17,16-24)21-7-2-1-3-8-21;25-21(11-17-6-8-24-9-7-17)23-14-18-10-19(15-23)13-22(12-18,16-23)20-4-2-1-3-5-20;23-19-6-8-24(9-7-19)20(25)22-13-16-10-17(14-22)12-21(11-16,15-22)18-4-2-1-3-5-18;24-19(23-8-6-22-7-9-23)21-13-16-10-17(14-21)12-20(11-16,15-21)18-4-2-1-3-5-18/h2-6,18-19,26H,7-17H2,1H3;1-3,7-8,17-20H,4-6,9-16H2;1-5,17-19,24H,6-16H2;1-5,16-17,19H,6-15,23H2;1-5,16-17,22H,6-15H2. The van der Waals surface area contributed by atoms with Crippen molar-refractivity contribution in [2.24, 2.45) is 121 Å². The van der Waals surface area contributed by atoms with Crippen LogP contribution in [0.3, 0.4) is 0 Å². The number of fused-ring (bicyclic) bond motifs is 1. The van der Waals surface area contributed by atoms with Gasteiger partial charge in [0.15, 0.2) is 0 Å². The highest BCUT2D eigenvalue weighted by Gasteiger charge is 2.69. The van der Waals surface area contributed by atoms with Gasteiger partial charge < -0.3 is 36.4 Å². The first-order valence-electron chi connectivity index (χ1n) is 52.6. The Hall–Kier alpha value is -6.31. The average Bonchev–Trinajstić information content (AvgIpc) is 1.19. The number of hydrogen-bond acceptors (Lipinski definition) is 9. The number of amides is 3. The van der Waals surface area contributed by atoms with Gasteiger partial charge in [0, 0.05) is 95.2 Å². The van der Waals surface area contributed by atoms with Crippen molar-refractivity contribution in [2.75, 3.05) is 78.5 Å². The van der Waals surface area contributed by atoms with Crippen LogP contribution in [0.25, 0.3) is 0 Å². The SMILES string of the molecule is CC12CC3CC(C(=O)CC4CC5(CNC5)C4)(C1)CC(c1ccccc1)(C3)C2.NC1CCN(C(=O)C23CC4CC(C2)CC(c2ccccc2)(C4)C3)CC1.O=C(CC1CCNCC1)C12CC3CC(C1)CC(c1ccccc1)(C3)C2.O=C(N1CC2CCCC2C1)C12CC3CC(C1)CC(c1ccccc1)(C3)C2.O=C(N1CCNCC1)C12CC3CC(C1)CC(c1ccccc1)(C3)C2. The van der Waals surface area contributed by atoms with E-state index in [2.05, 4.69) is 189 Å². The maximum absolute atomic E-state index is 13.8. The Morgan fingerprint density at radius 2 is 0.646 bits per heavy atom. The molecule has 678 valence electrons. The second-order valence-electron chi connectivity index (χ2n) is 50.5. The predicted octanol–water partition coefficient (Wildman–Crippen LogP) is 20.6. The summed E-state index contributed by atoms with van der Waals surface area (Å²) >= 11 is 0. The maximum atomic E-state index is 13.8. The van der Waals surface area contributed by atoms with Crippen LogP contribution in [0.15, 0.2) is 152 Å². The number of nitrogens with one attached hydrogen (secondary N) is 3. The minimum atomic E-state index is -0.0820. The average molecular weight is 1710 g/mol. The maximum Gasteiger partial charge on any atom is 0.228 e. The first-order chi connectivity index (χ1) is 61.5. The number of likely N-dealkylation sites (tertiary alicyclic amines) is 2. The molecule has 12 nitrogen and oxygen atoms in total. The molecule has 5 aromatic rings. The molecule has 5 aliphatic heterocycles. The Labute approximate surface area is 761 Å². The third kappa shape index (κ3) is 15.3. The molecule has 0 aromatic heterocycles. The number of benzene rings is 5. The van der Waals surface area contributed by atoms with E-state index >= 15 is 0 Å². The number of ketones is 2. The summed E-state index contributed by atoms with van der Waals surface area (Å²) < 4.78 is 0. The van der Waals surface area contributed by atoms with E-state index in [0.717, 1.165) is 214 Å². The first-order valence-corrected chi connectivity index (χ1v) is 52.6. The summed E-state index contributed by atoms with van der Waals surface area (Å²) in [5.41, 5.74) is 15.8. The third-order valence-electron chi connectivity index (χ3n) is 41.2. The van der Waals surface area contributed by atoms with Crippen LogP contribution < -0.4 is 21.7 Å². The number of Topliss-reactive ketones (excluding diaryl/α,β-unsaturated/α-hetero) is 2. The molecule has 1 spiro atoms. The van der Waals surface area contributed by atoms with E-state index in [1.54, 1.807) is 0 Å². The smallest absolute Gasteiger partial charge is 0.228 e. The Kier molecular flexibility index (Phi) is 21.7. The van der Waals surface area contributed by atoms with Crippen molar-refractivity contribution < 1.29 is 24.0 Å². The van der Waals surface area contributed by atoms with Crippen molar-refractivity contribution in [3.05, 3.63) is 179 Å². The molecule has 5 heterocycles. The highest BCUT2D eigenvalue weighted by Crippen LogP contribution is 2.74. The van der Waals surface area contributed by atoms with E-state index in [1.165, 1.54) is 221 Å². The van der Waals surface area contributed by atoms with Crippen molar-refractivity contribution >= 4 is 29.3 Å². The van der Waals surface area contributed by atoms with Gasteiger partial charge in [-0.25, -0.2) is 0 Å². The topological polar surface area (TPSA) is 157 Å². The lowest BCUT2D eigenvalue weighted by Crippen LogP contribution is -2.62. The quantitative estimate of drug-likeness (QED) is 0.0850. The van der Waals surface area contributed by atoms with Gasteiger partial charge in [0.25, 0.3) is 0 Å². The molecule has 0 radical (unpaired) electrons. The van der Waals surface area contributed by atoms with Crippen LogP contribution in [0, 0.1) is 115 Å². The monoisotopic (exact) mass is 1710 g/mol. The van der Waals surface area contributed by atoms with Crippen molar-refractivity contribution in [1.29, 1.82) is 0 Å². The largest absolute Gasteiger partial charge is 0.342 e. The number of carbonyl (C=O) groups excluding carboxylic acids is 5. The van der Waals surface area contributed by atoms with Gasteiger partial charge in [0.05, 0.1) is 16.2 Å². The summed E-state index contributed by atoms with van der Waals surface area (Å²) in [6.45, 7) is 14.7. The summed E-state index contributed by atoms with van der Waals surface area (Å²) in [5.74, 6) is 12.6. The van der Waals surface area contributed by atoms with E-state index in [0.29, 0.717) is 57.4 Å². The fraction of sp³-hybridized carbons (Fsp3) is 0.696. The normalized spacial score (nSPS) is 42.4. The molecular formula is C115H153N7O5. The zero-order valence-corrected chi connectivity index (χ0v) is 77.5. The molecule has 27 aliphatic rings. The number of nitrogens with two attached hydrogens (primary N) is 1. The molecular weight excluding hydrogens is 1560 g/mol. The van der Waals surface area contributed by atoms with Gasteiger partial charge in [0.2, 0.25) is 17.7 Å². The lowest BCUT2D eigenvalue weighted by atomic mass is 9.38. The molecule has 22 saturated carbocycles. The van der Waals surface area contributed by atoms with Gasteiger partial charge >= 0.3 is 0 Å². The lowest BCUT2D eigenvalue weighted by Gasteiger charge is -2.66. The Morgan fingerprint density at radius 3 is 1.04 bits per heavy atom. The third-order valence-corrected chi connectivity index (χ3v) is 41.2. The van der Waals surface area contributed by atoms with Gasteiger partial charge in [-0.2, -0.15) is 0 Å². The van der Waals surface area contributed by atoms with Crippen molar-refractivity contribution in [3.63, 3.8) is 0 Å². The zero-order chi connectivity index (χ0) is 85.9. The van der Waals surface area contributed by atoms with Crippen LogP contribution in [-0.4, -0.2) is 129 Å². The summed E-state index contributed by atoms with van der Waals surface area (Å²) in [5, 5.41) is 10.3. The molecule has 127 heavy (non-hydrogen) atoms. The molecule has 32 rings (SSSR count). The molecule has 27 fully saturated rings. The molecule has 12 heteroatoms. The second-order valence-corrected chi connectivity index (χ2v) is 50.5. The molecule has 3 amide bonds. The second kappa shape index (κ2) is 32.5. The van der Waals surface area contributed by atoms with Crippen LogP contribution in [0.1, 0.15) is 298 Å². The number of hydrogen-bond donors (Lipinski definition) is 4. The van der Waals surface area contributed by atoms with Gasteiger partial charge in [0.1, 0.15) is 11.6 Å². The molecule has 14 atom stereocenters. The Bertz CT molecular complexity index is 4780. The van der Waals surface area contributed by atoms with Gasteiger partial charge in [-0.05, 0) is 400 Å². The summed E-state index contributed by atoms with van der Waals surface area (Å²) in [6.07, 6.45) is 50.0. The van der Waals surface area contributed by atoms with E-state index in [-0.39, 0.29) is 54.8 Å². The fourth-order valence-electron chi connectivity index (χ4n) is 38.5. The Morgan fingerprint density at radius 1 is 0.315 bits per heavy atom. The minimum Gasteiger partial charge on any atom is -0.342 e. The van der Waals surface area contributed by atoms with Crippen molar-refractivity contribution in [3.8, 4) is 0 Å². The molecule has 22 aliphatic carbocycles. The first kappa shape index (κ1) is 84.9. The minimum absolute atomic E-state index is 0.00930. The van der Waals surface area contributed by atoms with Gasteiger partial charge in [-0.15, -0.1) is 0 Å². The van der Waals surface area contributed by atoms with E-state index in [4.69, 9.17) is 5.73 Å². The van der Waals surface area contributed by atoms with E-state index in [9.17, 15) is 24.0 Å². The molecule has 5 N–H and O–H groups in total. The van der Waals surface area contributed by atoms with Crippen molar-refractivity contribution in [1.82, 2.24) is 30.7 Å². The molecule has 5 aromatic carbocycles. The number of nitrogens with zero attached hydrogens (tertiary/aromatic N) is 3. The van der Waals surface area contributed by atoms with Crippen LogP contribution in [0.2, 0.25) is 0 Å². The summed E-state index contributed by atoms with van der Waals surface area (Å²) in [6, 6.07) is 56.1. The van der Waals surface area contributed by atoms with Crippen LogP contribution in [-0.2, 0) is 51.0 Å². The highest BCUT2D eigenvalue weighted by molar-refractivity contribution is 5.88. The van der Waals surface area contributed by atoms with Gasteiger partial charge in [-0.3, -0.25) is 24.0 Å². The predicted molar refractivity (Wildman–Crippen MR) is 504 cm³/mol. The van der Waals surface area contributed by atoms with E-state index in [1.807, 2.05) is 0 Å². The Balaban J connectivity index is 0.0000000911. The molecule has 14 unspecified atom stereocenters. The molecule has 5 saturated heterocycles.